The molecule has 0 radical (unpaired) electrons. The van der Waals surface area contributed by atoms with Crippen LogP contribution >= 0.6 is 34.7 Å². The summed E-state index contributed by atoms with van der Waals surface area (Å²) in [4.78, 5) is 12.0. The van der Waals surface area contributed by atoms with E-state index in [0.29, 0.717) is 15.3 Å². The van der Waals surface area contributed by atoms with Gasteiger partial charge in [0.15, 0.2) is 0 Å². The Morgan fingerprint density at radius 1 is 1.29 bits per heavy atom. The van der Waals surface area contributed by atoms with E-state index >= 15 is 0 Å². The van der Waals surface area contributed by atoms with Gasteiger partial charge >= 0.3 is 0 Å². The predicted octanol–water partition coefficient (Wildman–Crippen LogP) is 2.46. The number of aromatic nitrogens is 6. The number of anilines is 1. The van der Waals surface area contributed by atoms with Crippen molar-refractivity contribution in [3.8, 4) is 5.69 Å². The lowest BCUT2D eigenvalue weighted by molar-refractivity contribution is -0.113. The fourth-order valence-electron chi connectivity index (χ4n) is 1.75. The van der Waals surface area contributed by atoms with Crippen LogP contribution in [0.5, 0.6) is 0 Å². The summed E-state index contributed by atoms with van der Waals surface area (Å²) >= 11 is 8.47. The molecule has 3 aromatic rings. The Balaban J connectivity index is 1.61. The molecule has 11 heteroatoms. The van der Waals surface area contributed by atoms with Gasteiger partial charge < -0.3 is 0 Å². The zero-order valence-corrected chi connectivity index (χ0v) is 14.9. The van der Waals surface area contributed by atoms with Gasteiger partial charge in [-0.05, 0) is 41.1 Å². The Hall–Kier alpha value is -2.04. The van der Waals surface area contributed by atoms with Crippen LogP contribution in [-0.2, 0) is 11.2 Å². The Kier molecular flexibility index (Phi) is 5.38. The van der Waals surface area contributed by atoms with Crippen LogP contribution in [0.3, 0.4) is 0 Å². The second-order valence-corrected chi connectivity index (χ2v) is 6.98. The topological polar surface area (TPSA) is 98.5 Å². The molecule has 2 aromatic heterocycles. The van der Waals surface area contributed by atoms with Crippen LogP contribution in [0.2, 0.25) is 5.02 Å². The first kappa shape index (κ1) is 16.8. The summed E-state index contributed by atoms with van der Waals surface area (Å²) in [7, 11) is 0. The van der Waals surface area contributed by atoms with Crippen LogP contribution in [0.4, 0.5) is 5.13 Å². The first-order valence-corrected chi connectivity index (χ1v) is 9.13. The maximum absolute atomic E-state index is 12.0. The van der Waals surface area contributed by atoms with Gasteiger partial charge in [-0.3, -0.25) is 10.1 Å². The second kappa shape index (κ2) is 7.69. The van der Waals surface area contributed by atoms with Crippen LogP contribution < -0.4 is 5.32 Å². The standard InChI is InChI=1S/C13H12ClN7OS2/c1-2-11-16-17-12(24-11)15-10(22)7-23-13-18-19-20-21(13)9-5-3-8(14)4-6-9/h3-6H,2,7H2,1H3,(H,15,17,22). The summed E-state index contributed by atoms with van der Waals surface area (Å²) in [5.74, 6) is -0.0286. The Labute approximate surface area is 150 Å². The number of thioether (sulfide) groups is 1. The van der Waals surface area contributed by atoms with Gasteiger partial charge in [0, 0.05) is 5.02 Å². The van der Waals surface area contributed by atoms with E-state index < -0.39 is 0 Å². The van der Waals surface area contributed by atoms with Gasteiger partial charge in [0.1, 0.15) is 5.01 Å². The van der Waals surface area contributed by atoms with Crippen LogP contribution in [0.1, 0.15) is 11.9 Å². The third-order valence-corrected chi connectivity index (χ3v) is 5.01. The number of nitrogens with zero attached hydrogens (tertiary/aromatic N) is 6. The van der Waals surface area contributed by atoms with Crippen molar-refractivity contribution >= 4 is 45.7 Å². The molecule has 1 aromatic carbocycles. The molecule has 0 unspecified atom stereocenters. The molecule has 8 nitrogen and oxygen atoms in total. The zero-order chi connectivity index (χ0) is 16.9. The number of benzene rings is 1. The summed E-state index contributed by atoms with van der Waals surface area (Å²) in [6, 6.07) is 7.10. The molecular formula is C13H12ClN7OS2. The molecule has 0 fully saturated rings. The molecule has 0 bridgehead atoms. The van der Waals surface area contributed by atoms with Gasteiger partial charge in [-0.2, -0.15) is 4.68 Å². The molecule has 0 aliphatic heterocycles. The molecule has 24 heavy (non-hydrogen) atoms. The normalized spacial score (nSPS) is 10.8. The minimum atomic E-state index is -0.190. The Bertz CT molecular complexity index is 833. The molecule has 0 saturated carbocycles. The highest BCUT2D eigenvalue weighted by atomic mass is 35.5. The minimum absolute atomic E-state index is 0.162. The van der Waals surface area contributed by atoms with Crippen molar-refractivity contribution in [3.63, 3.8) is 0 Å². The van der Waals surface area contributed by atoms with Gasteiger partial charge in [-0.1, -0.05) is 41.6 Å². The first-order valence-electron chi connectivity index (χ1n) is 6.95. The molecular weight excluding hydrogens is 370 g/mol. The van der Waals surface area contributed by atoms with Gasteiger partial charge in [0.2, 0.25) is 16.2 Å². The smallest absolute Gasteiger partial charge is 0.236 e. The second-order valence-electron chi connectivity index (χ2n) is 4.54. The molecule has 3 rings (SSSR count). The van der Waals surface area contributed by atoms with Gasteiger partial charge in [-0.15, -0.1) is 15.3 Å². The molecule has 0 aliphatic carbocycles. The SMILES string of the molecule is CCc1nnc(NC(=O)CSc2nnnn2-c2ccc(Cl)cc2)s1. The van der Waals surface area contributed by atoms with E-state index in [-0.39, 0.29) is 11.7 Å². The fourth-order valence-corrected chi connectivity index (χ4v) is 3.26. The van der Waals surface area contributed by atoms with Crippen molar-refractivity contribution in [2.24, 2.45) is 0 Å². The first-order chi connectivity index (χ1) is 11.7. The van der Waals surface area contributed by atoms with E-state index in [0.717, 1.165) is 17.1 Å². The highest BCUT2D eigenvalue weighted by molar-refractivity contribution is 7.99. The summed E-state index contributed by atoms with van der Waals surface area (Å²) in [5, 5.41) is 24.6. The van der Waals surface area contributed by atoms with E-state index in [2.05, 4.69) is 31.0 Å². The lowest BCUT2D eigenvalue weighted by atomic mass is 10.3. The molecule has 0 aliphatic rings. The van der Waals surface area contributed by atoms with E-state index in [9.17, 15) is 4.79 Å². The van der Waals surface area contributed by atoms with Crippen LogP contribution in [0, 0.1) is 0 Å². The van der Waals surface area contributed by atoms with Crippen LogP contribution in [0.25, 0.3) is 5.69 Å². The average molecular weight is 382 g/mol. The summed E-state index contributed by atoms with van der Waals surface area (Å²) in [5.41, 5.74) is 0.768. The van der Waals surface area contributed by atoms with Crippen molar-refractivity contribution in [2.75, 3.05) is 11.1 Å². The van der Waals surface area contributed by atoms with Crippen LogP contribution in [0.15, 0.2) is 29.4 Å². The van der Waals surface area contributed by atoms with E-state index in [1.807, 2.05) is 6.92 Å². The molecule has 0 atom stereocenters. The number of nitrogens with one attached hydrogen (secondary N) is 1. The quantitative estimate of drug-likeness (QED) is 0.654. The molecule has 1 amide bonds. The van der Waals surface area contributed by atoms with E-state index in [1.54, 1.807) is 28.9 Å². The van der Waals surface area contributed by atoms with Crippen molar-refractivity contribution in [2.45, 2.75) is 18.5 Å². The van der Waals surface area contributed by atoms with Crippen molar-refractivity contribution < 1.29 is 4.79 Å². The maximum Gasteiger partial charge on any atom is 0.236 e. The number of tetrazole rings is 1. The lowest BCUT2D eigenvalue weighted by Gasteiger charge is -2.04. The number of carbonyl (C=O) groups excluding carboxylic acids is 1. The van der Waals surface area contributed by atoms with Crippen molar-refractivity contribution in [1.82, 2.24) is 30.4 Å². The number of carbonyl (C=O) groups is 1. The fraction of sp³-hybridized carbons (Fsp3) is 0.231. The third-order valence-electron chi connectivity index (χ3n) is 2.86. The van der Waals surface area contributed by atoms with Gasteiger partial charge in [0.25, 0.3) is 0 Å². The molecule has 0 spiro atoms. The van der Waals surface area contributed by atoms with Crippen molar-refractivity contribution in [3.05, 3.63) is 34.3 Å². The number of aryl methyl sites for hydroxylation is 1. The highest BCUT2D eigenvalue weighted by Gasteiger charge is 2.13. The van der Waals surface area contributed by atoms with Crippen molar-refractivity contribution in [1.29, 1.82) is 0 Å². The predicted molar refractivity (Wildman–Crippen MR) is 92.8 cm³/mol. The highest BCUT2D eigenvalue weighted by Crippen LogP contribution is 2.20. The zero-order valence-electron chi connectivity index (χ0n) is 12.5. The van der Waals surface area contributed by atoms with Crippen LogP contribution in [-0.4, -0.2) is 42.1 Å². The number of hydrogen-bond acceptors (Lipinski definition) is 8. The van der Waals surface area contributed by atoms with E-state index in [4.69, 9.17) is 11.6 Å². The monoisotopic (exact) mass is 381 g/mol. The Morgan fingerprint density at radius 3 is 2.79 bits per heavy atom. The summed E-state index contributed by atoms with van der Waals surface area (Å²) in [6.07, 6.45) is 0.790. The number of amides is 1. The molecule has 124 valence electrons. The largest absolute Gasteiger partial charge is 0.300 e. The lowest BCUT2D eigenvalue weighted by Crippen LogP contribution is -2.14. The van der Waals surface area contributed by atoms with Gasteiger partial charge in [0.05, 0.1) is 11.4 Å². The molecule has 0 saturated heterocycles. The average Bonchev–Trinajstić information content (AvgIpc) is 3.22. The molecule has 1 N–H and O–H groups in total. The number of halogens is 1. The minimum Gasteiger partial charge on any atom is -0.300 e. The maximum atomic E-state index is 12.0. The summed E-state index contributed by atoms with van der Waals surface area (Å²) < 4.78 is 1.55. The molecule has 2 heterocycles. The number of rotatable bonds is 6. The Morgan fingerprint density at radius 2 is 2.08 bits per heavy atom. The van der Waals surface area contributed by atoms with E-state index in [1.165, 1.54) is 23.1 Å². The third kappa shape index (κ3) is 4.08. The number of hydrogen-bond donors (Lipinski definition) is 1. The van der Waals surface area contributed by atoms with Gasteiger partial charge in [-0.25, -0.2) is 0 Å². The summed E-state index contributed by atoms with van der Waals surface area (Å²) in [6.45, 7) is 1.98.